The fourth-order valence-electron chi connectivity index (χ4n) is 2.54. The molecule has 0 atom stereocenters. The molecule has 1 aromatic carbocycles. The highest BCUT2D eigenvalue weighted by molar-refractivity contribution is 7.15. The van der Waals surface area contributed by atoms with E-state index in [0.717, 1.165) is 5.56 Å². The average Bonchev–Trinajstić information content (AvgIpc) is 3.34. The third-order valence-corrected chi connectivity index (χ3v) is 4.63. The van der Waals surface area contributed by atoms with Crippen LogP contribution in [-0.2, 0) is 16.1 Å². The molecule has 0 bridgehead atoms. The Morgan fingerprint density at radius 2 is 2.11 bits per heavy atom. The second kappa shape index (κ2) is 7.53. The number of aryl methyl sites for hydroxylation is 1. The lowest BCUT2D eigenvalue weighted by Gasteiger charge is -2.09. The molecule has 9 nitrogen and oxygen atoms in total. The summed E-state index contributed by atoms with van der Waals surface area (Å²) < 4.78 is 8.13. The number of ether oxygens (including phenoxy) is 1. The molecule has 0 aliphatic heterocycles. The number of carbonyl (C=O) groups excluding carboxylic acids is 1. The number of hydrogen-bond acceptors (Lipinski definition) is 8. The van der Waals surface area contributed by atoms with Crippen LogP contribution < -0.4 is 5.56 Å². The van der Waals surface area contributed by atoms with Gasteiger partial charge in [-0.1, -0.05) is 30.3 Å². The van der Waals surface area contributed by atoms with E-state index in [1.165, 1.54) is 26.5 Å². The summed E-state index contributed by atoms with van der Waals surface area (Å²) in [6.07, 6.45) is 3.28. The number of rotatable bonds is 5. The van der Waals surface area contributed by atoms with Crippen LogP contribution in [0.3, 0.4) is 0 Å². The largest absolute Gasteiger partial charge is 0.454 e. The van der Waals surface area contributed by atoms with Crippen LogP contribution in [0.15, 0.2) is 52.8 Å². The minimum absolute atomic E-state index is 0.143. The number of nitrogens with zero attached hydrogens (tertiary/aromatic N) is 6. The number of tetrazole rings is 1. The first kappa shape index (κ1) is 17.7. The van der Waals surface area contributed by atoms with E-state index in [4.69, 9.17) is 4.74 Å². The van der Waals surface area contributed by atoms with Gasteiger partial charge in [0.1, 0.15) is 6.61 Å². The Labute approximate surface area is 162 Å². The standard InChI is InChI=1S/C18H14N6O3S/c1-12-20-21-22-24(12)15(9-13-5-3-2-4-6-13)17(26)27-11-14-10-16(25)23-7-8-28-18(23)19-14/h2-10H,11H2,1H3. The Morgan fingerprint density at radius 1 is 1.29 bits per heavy atom. The number of fused-ring (bicyclic) bond motifs is 1. The Bertz CT molecular complexity index is 1220. The van der Waals surface area contributed by atoms with Crippen molar-refractivity contribution in [1.29, 1.82) is 0 Å². The number of hydrogen-bond donors (Lipinski definition) is 0. The van der Waals surface area contributed by atoms with Gasteiger partial charge in [-0.05, 0) is 29.0 Å². The van der Waals surface area contributed by atoms with E-state index < -0.39 is 5.97 Å². The minimum Gasteiger partial charge on any atom is -0.454 e. The molecule has 0 saturated heterocycles. The number of thiazole rings is 1. The molecule has 3 heterocycles. The lowest BCUT2D eigenvalue weighted by Crippen LogP contribution is -2.17. The van der Waals surface area contributed by atoms with Crippen molar-refractivity contribution in [2.24, 2.45) is 0 Å². The molecule has 0 aliphatic rings. The molecular formula is C18H14N6O3S. The predicted octanol–water partition coefficient (Wildman–Crippen LogP) is 1.79. The molecule has 10 heteroatoms. The fourth-order valence-corrected chi connectivity index (χ4v) is 3.28. The topological polar surface area (TPSA) is 104 Å². The summed E-state index contributed by atoms with van der Waals surface area (Å²) in [5, 5.41) is 13.0. The summed E-state index contributed by atoms with van der Waals surface area (Å²) in [7, 11) is 0. The number of esters is 1. The lowest BCUT2D eigenvalue weighted by atomic mass is 10.2. The summed E-state index contributed by atoms with van der Waals surface area (Å²) >= 11 is 1.33. The van der Waals surface area contributed by atoms with Crippen LogP contribution in [0.25, 0.3) is 16.7 Å². The second-order valence-electron chi connectivity index (χ2n) is 5.80. The zero-order chi connectivity index (χ0) is 19.5. The molecular weight excluding hydrogens is 380 g/mol. The molecule has 0 unspecified atom stereocenters. The molecule has 4 aromatic rings. The summed E-state index contributed by atoms with van der Waals surface area (Å²) in [6, 6.07) is 10.6. The van der Waals surface area contributed by atoms with E-state index in [9.17, 15) is 9.59 Å². The molecule has 3 aromatic heterocycles. The molecule has 4 rings (SSSR count). The van der Waals surface area contributed by atoms with Crippen molar-refractivity contribution in [3.8, 4) is 0 Å². The zero-order valence-electron chi connectivity index (χ0n) is 14.7. The van der Waals surface area contributed by atoms with Gasteiger partial charge in [-0.2, -0.15) is 4.68 Å². The first-order chi connectivity index (χ1) is 13.6. The van der Waals surface area contributed by atoms with E-state index in [1.807, 2.05) is 30.3 Å². The molecule has 0 spiro atoms. The number of carbonyl (C=O) groups is 1. The fraction of sp³-hybridized carbons (Fsp3) is 0.111. The highest BCUT2D eigenvalue weighted by atomic mass is 32.1. The zero-order valence-corrected chi connectivity index (χ0v) is 15.5. The molecule has 0 radical (unpaired) electrons. The van der Waals surface area contributed by atoms with Crippen LogP contribution in [0.4, 0.5) is 0 Å². The van der Waals surface area contributed by atoms with Gasteiger partial charge >= 0.3 is 5.97 Å². The summed E-state index contributed by atoms with van der Waals surface area (Å²) in [6.45, 7) is 1.54. The Morgan fingerprint density at radius 3 is 2.86 bits per heavy atom. The summed E-state index contributed by atoms with van der Waals surface area (Å²) in [5.41, 5.74) is 1.09. The predicted molar refractivity (Wildman–Crippen MR) is 102 cm³/mol. The van der Waals surface area contributed by atoms with Crippen molar-refractivity contribution in [3.05, 3.63) is 75.4 Å². The van der Waals surface area contributed by atoms with Gasteiger partial charge < -0.3 is 4.74 Å². The maximum Gasteiger partial charge on any atom is 0.357 e. The number of aromatic nitrogens is 6. The first-order valence-electron chi connectivity index (χ1n) is 8.27. The molecule has 0 saturated carbocycles. The monoisotopic (exact) mass is 394 g/mol. The Kier molecular flexibility index (Phi) is 4.77. The van der Waals surface area contributed by atoms with Gasteiger partial charge in [0.15, 0.2) is 16.5 Å². The van der Waals surface area contributed by atoms with Crippen molar-refractivity contribution in [2.75, 3.05) is 0 Å². The van der Waals surface area contributed by atoms with E-state index >= 15 is 0 Å². The van der Waals surface area contributed by atoms with Crippen molar-refractivity contribution in [1.82, 2.24) is 29.6 Å². The van der Waals surface area contributed by atoms with Crippen LogP contribution in [0, 0.1) is 6.92 Å². The molecule has 0 amide bonds. The van der Waals surface area contributed by atoms with E-state index in [1.54, 1.807) is 24.6 Å². The Hall–Kier alpha value is -3.66. The maximum absolute atomic E-state index is 12.8. The third-order valence-electron chi connectivity index (χ3n) is 3.87. The van der Waals surface area contributed by atoms with Gasteiger partial charge in [-0.3, -0.25) is 9.20 Å². The van der Waals surface area contributed by atoms with Crippen LogP contribution >= 0.6 is 11.3 Å². The smallest absolute Gasteiger partial charge is 0.357 e. The third kappa shape index (κ3) is 3.58. The summed E-state index contributed by atoms with van der Waals surface area (Å²) in [5.74, 6) is -0.192. The van der Waals surface area contributed by atoms with Crippen LogP contribution in [-0.4, -0.2) is 35.6 Å². The summed E-state index contributed by atoms with van der Waals surface area (Å²) in [4.78, 5) is 29.7. The van der Waals surface area contributed by atoms with Gasteiger partial charge in [0.2, 0.25) is 0 Å². The van der Waals surface area contributed by atoms with E-state index in [2.05, 4.69) is 20.5 Å². The Balaban J connectivity index is 1.61. The first-order valence-corrected chi connectivity index (χ1v) is 9.15. The SMILES string of the molecule is Cc1nnnn1C(=Cc1ccccc1)C(=O)OCc1cc(=O)n2ccsc2n1. The van der Waals surface area contributed by atoms with Crippen LogP contribution in [0.2, 0.25) is 0 Å². The second-order valence-corrected chi connectivity index (χ2v) is 6.67. The quantitative estimate of drug-likeness (QED) is 0.375. The van der Waals surface area contributed by atoms with Crippen molar-refractivity contribution in [2.45, 2.75) is 13.5 Å². The van der Waals surface area contributed by atoms with Crippen molar-refractivity contribution in [3.63, 3.8) is 0 Å². The van der Waals surface area contributed by atoms with Gasteiger partial charge in [0.05, 0.1) is 5.69 Å². The maximum atomic E-state index is 12.8. The molecule has 0 aliphatic carbocycles. The van der Waals surface area contributed by atoms with Gasteiger partial charge in [-0.15, -0.1) is 16.4 Å². The highest BCUT2D eigenvalue weighted by Gasteiger charge is 2.18. The van der Waals surface area contributed by atoms with Gasteiger partial charge in [0, 0.05) is 17.6 Å². The molecule has 0 N–H and O–H groups in total. The van der Waals surface area contributed by atoms with Gasteiger partial charge in [0.25, 0.3) is 5.56 Å². The molecule has 140 valence electrons. The molecule has 28 heavy (non-hydrogen) atoms. The number of benzene rings is 1. The van der Waals surface area contributed by atoms with Crippen molar-refractivity contribution >= 4 is 34.0 Å². The van der Waals surface area contributed by atoms with Gasteiger partial charge in [-0.25, -0.2) is 9.78 Å². The molecule has 0 fully saturated rings. The lowest BCUT2D eigenvalue weighted by molar-refractivity contribution is -0.138. The normalized spacial score (nSPS) is 11.7. The van der Waals surface area contributed by atoms with Crippen LogP contribution in [0.1, 0.15) is 17.1 Å². The highest BCUT2D eigenvalue weighted by Crippen LogP contribution is 2.15. The van der Waals surface area contributed by atoms with E-state index in [0.29, 0.717) is 16.5 Å². The van der Waals surface area contributed by atoms with Crippen LogP contribution in [0.5, 0.6) is 0 Å². The van der Waals surface area contributed by atoms with Crippen molar-refractivity contribution < 1.29 is 9.53 Å². The van der Waals surface area contributed by atoms with E-state index in [-0.39, 0.29) is 17.9 Å². The minimum atomic E-state index is -0.632. The average molecular weight is 394 g/mol.